The van der Waals surface area contributed by atoms with Gasteiger partial charge in [-0.1, -0.05) is 12.8 Å². The van der Waals surface area contributed by atoms with E-state index in [2.05, 4.69) is 22.5 Å². The molecule has 2 atom stereocenters. The van der Waals surface area contributed by atoms with Crippen molar-refractivity contribution in [3.63, 3.8) is 0 Å². The number of benzene rings is 1. The fourth-order valence-electron chi connectivity index (χ4n) is 4.46. The Labute approximate surface area is 156 Å². The zero-order valence-electron chi connectivity index (χ0n) is 16.0. The number of phenolic OH excluding ortho intramolecular Hbond substituents is 1. The van der Waals surface area contributed by atoms with Crippen molar-refractivity contribution in [2.75, 3.05) is 20.8 Å². The minimum atomic E-state index is 0.251. The molecule has 6 nitrogen and oxygen atoms in total. The summed E-state index contributed by atoms with van der Waals surface area (Å²) in [7, 11) is 3.40. The Morgan fingerprint density at radius 1 is 1.35 bits per heavy atom. The van der Waals surface area contributed by atoms with E-state index in [1.807, 2.05) is 6.07 Å². The Morgan fingerprint density at radius 3 is 2.77 bits per heavy atom. The zero-order chi connectivity index (χ0) is 18.6. The van der Waals surface area contributed by atoms with Crippen molar-refractivity contribution in [1.29, 1.82) is 0 Å². The highest BCUT2D eigenvalue weighted by Crippen LogP contribution is 2.54. The Morgan fingerprint density at radius 2 is 2.12 bits per heavy atom. The van der Waals surface area contributed by atoms with Gasteiger partial charge < -0.3 is 25.2 Å². The predicted molar refractivity (Wildman–Crippen MR) is 103 cm³/mol. The zero-order valence-corrected chi connectivity index (χ0v) is 16.0. The Kier molecular flexibility index (Phi) is 5.91. The summed E-state index contributed by atoms with van der Waals surface area (Å²) >= 11 is 0. The fourth-order valence-corrected chi connectivity index (χ4v) is 4.46. The number of methoxy groups -OCH3 is 1. The molecule has 26 heavy (non-hydrogen) atoms. The minimum absolute atomic E-state index is 0.251. The van der Waals surface area contributed by atoms with Crippen LogP contribution in [0.1, 0.15) is 44.6 Å². The third-order valence-electron chi connectivity index (χ3n) is 5.95. The van der Waals surface area contributed by atoms with Crippen LogP contribution in [0, 0.1) is 5.41 Å². The molecule has 1 aromatic rings. The van der Waals surface area contributed by atoms with Gasteiger partial charge in [0.05, 0.1) is 13.2 Å². The van der Waals surface area contributed by atoms with Crippen LogP contribution in [-0.2, 0) is 11.3 Å². The summed E-state index contributed by atoms with van der Waals surface area (Å²) in [4.78, 5) is 4.36. The van der Waals surface area contributed by atoms with Gasteiger partial charge in [0.1, 0.15) is 11.5 Å². The van der Waals surface area contributed by atoms with Crippen molar-refractivity contribution in [2.24, 2.45) is 10.4 Å². The predicted octanol–water partition coefficient (Wildman–Crippen LogP) is 2.80. The third-order valence-corrected chi connectivity index (χ3v) is 5.95. The molecule has 0 aromatic heterocycles. The van der Waals surface area contributed by atoms with E-state index < -0.39 is 0 Å². The van der Waals surface area contributed by atoms with Gasteiger partial charge in [-0.15, -0.1) is 0 Å². The lowest BCUT2D eigenvalue weighted by Gasteiger charge is -2.54. The van der Waals surface area contributed by atoms with E-state index in [1.54, 1.807) is 26.3 Å². The molecular formula is C20H31N3O3. The van der Waals surface area contributed by atoms with Crippen LogP contribution >= 0.6 is 0 Å². The van der Waals surface area contributed by atoms with Crippen molar-refractivity contribution in [2.45, 2.75) is 57.7 Å². The molecule has 0 amide bonds. The first kappa shape index (κ1) is 18.8. The molecule has 6 heteroatoms. The second-order valence-electron chi connectivity index (χ2n) is 7.24. The standard InChI is InChI=1S/C20H31N3O3/c1-4-26-18-12-17(20(18)9-5-6-10-20)23-19(21-2)22-13-14-11-15(25-3)7-8-16(14)24/h7-8,11,17-18,24H,4-6,9-10,12-13H2,1-3H3,(H2,21,22,23). The van der Waals surface area contributed by atoms with E-state index >= 15 is 0 Å². The average Bonchev–Trinajstić information content (AvgIpc) is 3.17. The molecule has 144 valence electrons. The summed E-state index contributed by atoms with van der Waals surface area (Å²) in [6, 6.07) is 5.63. The van der Waals surface area contributed by atoms with Gasteiger partial charge in [-0.2, -0.15) is 0 Å². The van der Waals surface area contributed by atoms with E-state index in [-0.39, 0.29) is 11.2 Å². The highest BCUT2D eigenvalue weighted by molar-refractivity contribution is 5.80. The number of nitrogens with zero attached hydrogens (tertiary/aromatic N) is 1. The molecule has 0 aliphatic heterocycles. The van der Waals surface area contributed by atoms with Gasteiger partial charge in [0.2, 0.25) is 0 Å². The van der Waals surface area contributed by atoms with Crippen molar-refractivity contribution in [1.82, 2.24) is 10.6 Å². The van der Waals surface area contributed by atoms with Crippen LogP contribution in [0.3, 0.4) is 0 Å². The smallest absolute Gasteiger partial charge is 0.191 e. The van der Waals surface area contributed by atoms with Crippen LogP contribution in [0.15, 0.2) is 23.2 Å². The summed E-state index contributed by atoms with van der Waals surface area (Å²) in [5.74, 6) is 1.74. The lowest BCUT2D eigenvalue weighted by molar-refractivity contribution is -0.125. The van der Waals surface area contributed by atoms with Crippen molar-refractivity contribution in [3.8, 4) is 11.5 Å². The summed E-state index contributed by atoms with van der Waals surface area (Å²) in [5.41, 5.74) is 1.04. The number of aliphatic imine (C=N–C) groups is 1. The Hall–Kier alpha value is -1.95. The molecular weight excluding hydrogens is 330 g/mol. The minimum Gasteiger partial charge on any atom is -0.508 e. The lowest BCUT2D eigenvalue weighted by Crippen LogP contribution is -2.65. The molecule has 0 bridgehead atoms. The van der Waals surface area contributed by atoms with Gasteiger partial charge in [-0.25, -0.2) is 0 Å². The largest absolute Gasteiger partial charge is 0.508 e. The van der Waals surface area contributed by atoms with Crippen LogP contribution in [0.5, 0.6) is 11.5 Å². The number of hydrogen-bond acceptors (Lipinski definition) is 4. The summed E-state index contributed by atoms with van der Waals surface area (Å²) in [6.45, 7) is 3.34. The van der Waals surface area contributed by atoms with Crippen LogP contribution in [0.25, 0.3) is 0 Å². The first-order valence-corrected chi connectivity index (χ1v) is 9.57. The van der Waals surface area contributed by atoms with Gasteiger partial charge in [0, 0.05) is 37.2 Å². The summed E-state index contributed by atoms with van der Waals surface area (Å²) in [6.07, 6.45) is 6.41. The molecule has 0 radical (unpaired) electrons. The Bertz CT molecular complexity index is 641. The maximum absolute atomic E-state index is 10.0. The third kappa shape index (κ3) is 3.61. The number of rotatable bonds is 6. The van der Waals surface area contributed by atoms with Gasteiger partial charge >= 0.3 is 0 Å². The molecule has 0 saturated heterocycles. The molecule has 2 saturated carbocycles. The van der Waals surface area contributed by atoms with Gasteiger partial charge in [0.15, 0.2) is 5.96 Å². The molecule has 1 aromatic carbocycles. The number of guanidine groups is 1. The number of phenols is 1. The molecule has 0 heterocycles. The second kappa shape index (κ2) is 8.16. The highest BCUT2D eigenvalue weighted by Gasteiger charge is 2.56. The number of ether oxygens (including phenoxy) is 2. The SMILES string of the molecule is CCOC1CC(NC(=NC)NCc2cc(OC)ccc2O)C12CCCC2. The quantitative estimate of drug-likeness (QED) is 0.537. The monoisotopic (exact) mass is 361 g/mol. The van der Waals surface area contributed by atoms with Gasteiger partial charge in [0.25, 0.3) is 0 Å². The van der Waals surface area contributed by atoms with Crippen LogP contribution in [-0.4, -0.2) is 44.0 Å². The molecule has 2 aliphatic rings. The Balaban J connectivity index is 1.60. The summed E-state index contributed by atoms with van der Waals surface area (Å²) in [5, 5.41) is 16.9. The van der Waals surface area contributed by atoms with E-state index in [0.29, 0.717) is 18.7 Å². The van der Waals surface area contributed by atoms with Gasteiger partial charge in [-0.3, -0.25) is 4.99 Å². The summed E-state index contributed by atoms with van der Waals surface area (Å²) < 4.78 is 11.2. The first-order valence-electron chi connectivity index (χ1n) is 9.57. The molecule has 3 N–H and O–H groups in total. The van der Waals surface area contributed by atoms with Crippen molar-refractivity contribution >= 4 is 5.96 Å². The fraction of sp³-hybridized carbons (Fsp3) is 0.650. The molecule has 2 fully saturated rings. The normalized spacial score (nSPS) is 24.3. The van der Waals surface area contributed by atoms with Crippen molar-refractivity contribution < 1.29 is 14.6 Å². The number of hydrogen-bond donors (Lipinski definition) is 3. The van der Waals surface area contributed by atoms with E-state index in [0.717, 1.165) is 30.3 Å². The first-order chi connectivity index (χ1) is 12.6. The maximum Gasteiger partial charge on any atom is 0.191 e. The lowest BCUT2D eigenvalue weighted by atomic mass is 9.60. The maximum atomic E-state index is 10.0. The highest BCUT2D eigenvalue weighted by atomic mass is 16.5. The van der Waals surface area contributed by atoms with Crippen molar-refractivity contribution in [3.05, 3.63) is 23.8 Å². The van der Waals surface area contributed by atoms with Crippen LogP contribution in [0.4, 0.5) is 0 Å². The van der Waals surface area contributed by atoms with E-state index in [4.69, 9.17) is 9.47 Å². The molecule has 2 aliphatic carbocycles. The van der Waals surface area contributed by atoms with E-state index in [9.17, 15) is 5.11 Å². The number of aromatic hydroxyl groups is 1. The topological polar surface area (TPSA) is 75.1 Å². The second-order valence-corrected chi connectivity index (χ2v) is 7.24. The van der Waals surface area contributed by atoms with E-state index in [1.165, 1.54) is 25.7 Å². The average molecular weight is 361 g/mol. The van der Waals surface area contributed by atoms with Crippen LogP contribution < -0.4 is 15.4 Å². The van der Waals surface area contributed by atoms with Crippen LogP contribution in [0.2, 0.25) is 0 Å². The molecule has 3 rings (SSSR count). The van der Waals surface area contributed by atoms with Gasteiger partial charge in [-0.05, 0) is 44.4 Å². The molecule has 1 spiro atoms. The molecule has 2 unspecified atom stereocenters. The number of nitrogens with one attached hydrogen (secondary N) is 2.